The molecule has 0 aromatic carbocycles. The molecular formula is C9H19N3O2. The summed E-state index contributed by atoms with van der Waals surface area (Å²) in [6.45, 7) is 3.08. The lowest BCUT2D eigenvalue weighted by atomic mass is 10.3. The molecule has 14 heavy (non-hydrogen) atoms. The second-order valence-corrected chi connectivity index (χ2v) is 3.01. The van der Waals surface area contributed by atoms with E-state index < -0.39 is 5.91 Å². The average molecular weight is 201 g/mol. The predicted molar refractivity (Wildman–Crippen MR) is 54.8 cm³/mol. The van der Waals surface area contributed by atoms with Gasteiger partial charge in [-0.3, -0.25) is 9.59 Å². The summed E-state index contributed by atoms with van der Waals surface area (Å²) in [5.74, 6) is -0.548. The molecule has 82 valence electrons. The van der Waals surface area contributed by atoms with Crippen LogP contribution in [0.2, 0.25) is 0 Å². The van der Waals surface area contributed by atoms with Crippen molar-refractivity contribution in [2.24, 2.45) is 5.73 Å². The van der Waals surface area contributed by atoms with E-state index in [0.717, 1.165) is 38.9 Å². The lowest BCUT2D eigenvalue weighted by Gasteiger charge is -2.03. The van der Waals surface area contributed by atoms with Crippen molar-refractivity contribution in [1.29, 1.82) is 0 Å². The first kappa shape index (κ1) is 13.1. The van der Waals surface area contributed by atoms with Gasteiger partial charge in [0.25, 0.3) is 5.91 Å². The Morgan fingerprint density at radius 2 is 1.86 bits per heavy atom. The number of carbonyl (C=O) groups is 2. The number of hydrogen-bond donors (Lipinski definition) is 3. The van der Waals surface area contributed by atoms with Gasteiger partial charge in [0.05, 0.1) is 0 Å². The number of hydrogen-bond acceptors (Lipinski definition) is 4. The largest absolute Gasteiger partial charge is 0.350 e. The number of rotatable bonds is 9. The van der Waals surface area contributed by atoms with Crippen molar-refractivity contribution in [1.82, 2.24) is 10.6 Å². The third-order valence-corrected chi connectivity index (χ3v) is 1.74. The Morgan fingerprint density at radius 1 is 1.14 bits per heavy atom. The van der Waals surface area contributed by atoms with Crippen molar-refractivity contribution >= 4 is 12.2 Å². The van der Waals surface area contributed by atoms with Gasteiger partial charge in [-0.1, -0.05) is 0 Å². The van der Waals surface area contributed by atoms with Crippen LogP contribution in [0.5, 0.6) is 0 Å². The fraction of sp³-hybridized carbons (Fsp3) is 0.778. The molecular weight excluding hydrogens is 182 g/mol. The Hall–Kier alpha value is -0.940. The van der Waals surface area contributed by atoms with Gasteiger partial charge in [0.1, 0.15) is 0 Å². The third-order valence-electron chi connectivity index (χ3n) is 1.74. The summed E-state index contributed by atoms with van der Waals surface area (Å²) in [6, 6.07) is 0. The second-order valence-electron chi connectivity index (χ2n) is 3.01. The summed E-state index contributed by atoms with van der Waals surface area (Å²) in [5.41, 5.74) is 5.33. The van der Waals surface area contributed by atoms with Crippen LogP contribution in [0.1, 0.15) is 19.3 Å². The summed E-state index contributed by atoms with van der Waals surface area (Å²) in [6.07, 6.45) is 3.24. The second kappa shape index (κ2) is 10.1. The number of amides is 1. The van der Waals surface area contributed by atoms with Crippen LogP contribution in [-0.2, 0) is 9.59 Å². The van der Waals surface area contributed by atoms with E-state index in [1.807, 2.05) is 0 Å². The minimum atomic E-state index is -0.548. The van der Waals surface area contributed by atoms with E-state index in [0.29, 0.717) is 6.54 Å². The first-order chi connectivity index (χ1) is 6.81. The van der Waals surface area contributed by atoms with Crippen LogP contribution in [0.4, 0.5) is 0 Å². The third kappa shape index (κ3) is 9.15. The highest BCUT2D eigenvalue weighted by Gasteiger charge is 1.94. The van der Waals surface area contributed by atoms with Gasteiger partial charge >= 0.3 is 0 Å². The minimum Gasteiger partial charge on any atom is -0.350 e. The maximum atomic E-state index is 10.5. The zero-order chi connectivity index (χ0) is 10.6. The summed E-state index contributed by atoms with van der Waals surface area (Å²) in [4.78, 5) is 20.4. The number of nitrogens with two attached hydrogens (primary N) is 1. The Kier molecular flexibility index (Phi) is 9.46. The predicted octanol–water partition coefficient (Wildman–Crippen LogP) is -0.980. The minimum absolute atomic E-state index is 0.286. The molecule has 0 heterocycles. The van der Waals surface area contributed by atoms with Crippen LogP contribution in [0.25, 0.3) is 0 Å². The zero-order valence-electron chi connectivity index (χ0n) is 8.42. The lowest BCUT2D eigenvalue weighted by Crippen LogP contribution is -2.28. The van der Waals surface area contributed by atoms with Crippen LogP contribution in [0, 0.1) is 0 Å². The average Bonchev–Trinajstić information content (AvgIpc) is 2.21. The molecule has 0 spiro atoms. The van der Waals surface area contributed by atoms with Crippen LogP contribution in [-0.4, -0.2) is 38.4 Å². The summed E-state index contributed by atoms with van der Waals surface area (Å²) in [5, 5.41) is 5.68. The van der Waals surface area contributed by atoms with E-state index in [1.165, 1.54) is 0 Å². The van der Waals surface area contributed by atoms with Crippen molar-refractivity contribution in [2.75, 3.05) is 26.2 Å². The molecule has 0 saturated carbocycles. The van der Waals surface area contributed by atoms with Gasteiger partial charge in [-0.15, -0.1) is 0 Å². The van der Waals surface area contributed by atoms with Gasteiger partial charge in [-0.05, 0) is 38.9 Å². The van der Waals surface area contributed by atoms with Gasteiger partial charge in [0.2, 0.25) is 6.29 Å². The Bertz CT molecular complexity index is 162. The summed E-state index contributed by atoms with van der Waals surface area (Å²) < 4.78 is 0. The molecule has 0 aromatic rings. The fourth-order valence-electron chi connectivity index (χ4n) is 0.986. The van der Waals surface area contributed by atoms with Gasteiger partial charge in [0, 0.05) is 6.54 Å². The Balaban J connectivity index is 2.99. The van der Waals surface area contributed by atoms with Gasteiger partial charge < -0.3 is 16.4 Å². The van der Waals surface area contributed by atoms with Crippen LogP contribution < -0.4 is 16.4 Å². The monoisotopic (exact) mass is 201 g/mol. The number of aldehydes is 1. The molecule has 0 aliphatic heterocycles. The lowest BCUT2D eigenvalue weighted by molar-refractivity contribution is -0.131. The molecule has 0 fully saturated rings. The van der Waals surface area contributed by atoms with E-state index in [4.69, 9.17) is 5.73 Å². The highest BCUT2D eigenvalue weighted by atomic mass is 16.2. The smallest absolute Gasteiger partial charge is 0.284 e. The molecule has 0 radical (unpaired) electrons. The summed E-state index contributed by atoms with van der Waals surface area (Å²) >= 11 is 0. The molecule has 0 aromatic heterocycles. The molecule has 0 aliphatic rings. The van der Waals surface area contributed by atoms with Crippen molar-refractivity contribution < 1.29 is 9.59 Å². The highest BCUT2D eigenvalue weighted by molar-refractivity contribution is 6.23. The van der Waals surface area contributed by atoms with Gasteiger partial charge in [-0.25, -0.2) is 0 Å². The Labute approximate surface area is 84.4 Å². The normalized spacial score (nSPS) is 9.79. The molecule has 0 saturated heterocycles. The molecule has 0 rings (SSSR count). The van der Waals surface area contributed by atoms with Gasteiger partial charge in [0.15, 0.2) is 0 Å². The SMILES string of the molecule is NCCCCNCCCNC(=O)C=O. The topological polar surface area (TPSA) is 84.2 Å². The first-order valence-electron chi connectivity index (χ1n) is 4.95. The summed E-state index contributed by atoms with van der Waals surface area (Å²) in [7, 11) is 0. The van der Waals surface area contributed by atoms with E-state index >= 15 is 0 Å². The molecule has 0 bridgehead atoms. The van der Waals surface area contributed by atoms with Gasteiger partial charge in [-0.2, -0.15) is 0 Å². The molecule has 0 atom stereocenters. The Morgan fingerprint density at radius 3 is 2.50 bits per heavy atom. The van der Waals surface area contributed by atoms with Crippen LogP contribution in [0.15, 0.2) is 0 Å². The van der Waals surface area contributed by atoms with E-state index in [-0.39, 0.29) is 6.29 Å². The zero-order valence-corrected chi connectivity index (χ0v) is 8.42. The van der Waals surface area contributed by atoms with E-state index in [9.17, 15) is 9.59 Å². The van der Waals surface area contributed by atoms with Crippen molar-refractivity contribution in [3.63, 3.8) is 0 Å². The van der Waals surface area contributed by atoms with Crippen LogP contribution in [0.3, 0.4) is 0 Å². The van der Waals surface area contributed by atoms with E-state index in [1.54, 1.807) is 0 Å². The highest BCUT2D eigenvalue weighted by Crippen LogP contribution is 1.82. The van der Waals surface area contributed by atoms with Crippen molar-refractivity contribution in [3.8, 4) is 0 Å². The van der Waals surface area contributed by atoms with Crippen molar-refractivity contribution in [2.45, 2.75) is 19.3 Å². The van der Waals surface area contributed by atoms with E-state index in [2.05, 4.69) is 10.6 Å². The first-order valence-corrected chi connectivity index (χ1v) is 4.95. The van der Waals surface area contributed by atoms with Crippen LogP contribution >= 0.6 is 0 Å². The molecule has 5 heteroatoms. The molecule has 0 aliphatic carbocycles. The van der Waals surface area contributed by atoms with Crippen molar-refractivity contribution in [3.05, 3.63) is 0 Å². The molecule has 4 N–H and O–H groups in total. The number of unbranched alkanes of at least 4 members (excludes halogenated alkanes) is 1. The molecule has 1 amide bonds. The molecule has 5 nitrogen and oxygen atoms in total. The number of carbonyl (C=O) groups excluding carboxylic acids is 2. The fourth-order valence-corrected chi connectivity index (χ4v) is 0.986. The standard InChI is InChI=1S/C9H19N3O2/c10-4-1-2-5-11-6-3-7-12-9(14)8-13/h8,11H,1-7,10H2,(H,12,14). The molecule has 0 unspecified atom stereocenters. The quantitative estimate of drug-likeness (QED) is 0.254. The maximum absolute atomic E-state index is 10.5. The maximum Gasteiger partial charge on any atom is 0.284 e. The number of nitrogens with one attached hydrogen (secondary N) is 2.